The predicted molar refractivity (Wildman–Crippen MR) is 73.4 cm³/mol. The Morgan fingerprint density at radius 1 is 1.53 bits per heavy atom. The van der Waals surface area contributed by atoms with Gasteiger partial charge in [0, 0.05) is 31.6 Å². The third-order valence-electron chi connectivity index (χ3n) is 2.78. The van der Waals surface area contributed by atoms with Crippen molar-refractivity contribution in [2.75, 3.05) is 5.32 Å². The molecule has 0 aliphatic heterocycles. The average Bonchev–Trinajstić information content (AvgIpc) is 2.77. The fourth-order valence-electron chi connectivity index (χ4n) is 1.83. The van der Waals surface area contributed by atoms with Crippen LogP contribution in [0.5, 0.6) is 0 Å². The highest BCUT2D eigenvalue weighted by molar-refractivity contribution is 6.33. The number of anilines is 1. The summed E-state index contributed by atoms with van der Waals surface area (Å²) in [5.74, 6) is 0.856. The van der Waals surface area contributed by atoms with Gasteiger partial charge in [0.15, 0.2) is 0 Å². The number of nitrogens with zero attached hydrogens (tertiary/aromatic N) is 3. The Morgan fingerprint density at radius 2 is 2.26 bits per heavy atom. The van der Waals surface area contributed by atoms with Crippen LogP contribution in [0.3, 0.4) is 0 Å². The smallest absolute Gasteiger partial charge is 0.271 e. The number of nitro groups is 1. The highest BCUT2D eigenvalue weighted by atomic mass is 35.5. The van der Waals surface area contributed by atoms with Gasteiger partial charge in [-0.3, -0.25) is 10.1 Å². The van der Waals surface area contributed by atoms with E-state index in [9.17, 15) is 10.1 Å². The molecule has 0 saturated carbocycles. The van der Waals surface area contributed by atoms with E-state index in [1.807, 2.05) is 24.7 Å². The van der Waals surface area contributed by atoms with Crippen LogP contribution in [0.1, 0.15) is 18.8 Å². The zero-order chi connectivity index (χ0) is 14.0. The molecule has 1 unspecified atom stereocenters. The Kier molecular flexibility index (Phi) is 3.71. The Labute approximate surface area is 115 Å². The molecule has 0 aliphatic carbocycles. The van der Waals surface area contributed by atoms with Gasteiger partial charge in [0.25, 0.3) is 5.69 Å². The zero-order valence-electron chi connectivity index (χ0n) is 10.5. The van der Waals surface area contributed by atoms with Crippen molar-refractivity contribution in [2.24, 2.45) is 7.05 Å². The Balaban J connectivity index is 2.20. The van der Waals surface area contributed by atoms with Gasteiger partial charge in [-0.1, -0.05) is 11.6 Å². The maximum Gasteiger partial charge on any atom is 0.271 e. The van der Waals surface area contributed by atoms with Crippen LogP contribution in [0.4, 0.5) is 11.4 Å². The Hall–Kier alpha value is -2.08. The summed E-state index contributed by atoms with van der Waals surface area (Å²) in [4.78, 5) is 14.4. The summed E-state index contributed by atoms with van der Waals surface area (Å²) >= 11 is 6.02. The number of nitrogens with one attached hydrogen (secondary N) is 1. The van der Waals surface area contributed by atoms with E-state index in [2.05, 4.69) is 10.3 Å². The molecule has 1 aromatic heterocycles. The maximum absolute atomic E-state index is 10.6. The number of hydrogen-bond acceptors (Lipinski definition) is 4. The average molecular weight is 281 g/mol. The van der Waals surface area contributed by atoms with Crippen LogP contribution in [0.25, 0.3) is 0 Å². The molecule has 0 bridgehead atoms. The molecular formula is C12H13ClN4O2. The topological polar surface area (TPSA) is 73.0 Å². The lowest BCUT2D eigenvalue weighted by molar-refractivity contribution is -0.384. The van der Waals surface area contributed by atoms with E-state index in [1.165, 1.54) is 12.1 Å². The van der Waals surface area contributed by atoms with E-state index < -0.39 is 4.92 Å². The second kappa shape index (κ2) is 5.27. The number of benzene rings is 1. The van der Waals surface area contributed by atoms with Crippen LogP contribution in [0, 0.1) is 10.1 Å². The van der Waals surface area contributed by atoms with Gasteiger partial charge in [0.1, 0.15) is 5.82 Å². The second-order valence-electron chi connectivity index (χ2n) is 4.18. The van der Waals surface area contributed by atoms with Crippen LogP contribution in [0.15, 0.2) is 30.6 Å². The molecule has 1 atom stereocenters. The molecule has 0 saturated heterocycles. The van der Waals surface area contributed by atoms with Gasteiger partial charge in [0.2, 0.25) is 0 Å². The first-order chi connectivity index (χ1) is 8.99. The van der Waals surface area contributed by atoms with Crippen LogP contribution < -0.4 is 5.32 Å². The fourth-order valence-corrected chi connectivity index (χ4v) is 2.06. The van der Waals surface area contributed by atoms with Gasteiger partial charge in [-0.15, -0.1) is 0 Å². The van der Waals surface area contributed by atoms with E-state index in [0.29, 0.717) is 10.7 Å². The molecule has 19 heavy (non-hydrogen) atoms. The lowest BCUT2D eigenvalue weighted by Crippen LogP contribution is -2.12. The summed E-state index contributed by atoms with van der Waals surface area (Å²) in [7, 11) is 1.90. The molecule has 1 heterocycles. The molecule has 0 fully saturated rings. The summed E-state index contributed by atoms with van der Waals surface area (Å²) in [6, 6.07) is 4.29. The third-order valence-corrected chi connectivity index (χ3v) is 3.09. The number of rotatable bonds is 4. The van der Waals surface area contributed by atoms with E-state index in [1.54, 1.807) is 12.3 Å². The SMILES string of the molecule is CC(Nc1ccc([N+](=O)[O-])cc1Cl)c1nccn1C. The molecule has 2 rings (SSSR count). The van der Waals surface area contributed by atoms with E-state index in [0.717, 1.165) is 5.82 Å². The molecular weight excluding hydrogens is 268 g/mol. The summed E-state index contributed by atoms with van der Waals surface area (Å²) in [5, 5.41) is 14.1. The number of non-ortho nitro benzene ring substituents is 1. The number of aromatic nitrogens is 2. The first-order valence-corrected chi connectivity index (χ1v) is 6.04. The molecule has 0 radical (unpaired) electrons. The fraction of sp³-hybridized carbons (Fsp3) is 0.250. The number of halogens is 1. The van der Waals surface area contributed by atoms with Crippen molar-refractivity contribution in [1.82, 2.24) is 9.55 Å². The molecule has 7 heteroatoms. The maximum atomic E-state index is 10.6. The van der Waals surface area contributed by atoms with Crippen molar-refractivity contribution in [2.45, 2.75) is 13.0 Å². The van der Waals surface area contributed by atoms with Crippen LogP contribution in [-0.2, 0) is 7.05 Å². The monoisotopic (exact) mass is 280 g/mol. The molecule has 0 amide bonds. The van der Waals surface area contributed by atoms with Gasteiger partial charge in [-0.05, 0) is 13.0 Å². The molecule has 100 valence electrons. The second-order valence-corrected chi connectivity index (χ2v) is 4.59. The van der Waals surface area contributed by atoms with Crippen LogP contribution in [-0.4, -0.2) is 14.5 Å². The molecule has 1 N–H and O–H groups in total. The van der Waals surface area contributed by atoms with E-state index in [-0.39, 0.29) is 11.7 Å². The Morgan fingerprint density at radius 3 is 2.79 bits per heavy atom. The van der Waals surface area contributed by atoms with Crippen LogP contribution in [0.2, 0.25) is 5.02 Å². The first kappa shape index (κ1) is 13.4. The standard InChI is InChI=1S/C12H13ClN4O2/c1-8(12-14-5-6-16(12)2)15-11-4-3-9(17(18)19)7-10(11)13/h3-8,15H,1-2H3. The first-order valence-electron chi connectivity index (χ1n) is 5.66. The van der Waals surface area contributed by atoms with Crippen molar-refractivity contribution in [3.05, 3.63) is 51.6 Å². The highest BCUT2D eigenvalue weighted by Crippen LogP contribution is 2.29. The van der Waals surface area contributed by atoms with E-state index in [4.69, 9.17) is 11.6 Å². The number of nitro benzene ring substituents is 1. The molecule has 1 aromatic carbocycles. The minimum atomic E-state index is -0.474. The van der Waals surface area contributed by atoms with Gasteiger partial charge in [-0.25, -0.2) is 4.98 Å². The molecule has 6 nitrogen and oxygen atoms in total. The van der Waals surface area contributed by atoms with Crippen LogP contribution >= 0.6 is 11.6 Å². The summed E-state index contributed by atoms with van der Waals surface area (Å²) < 4.78 is 1.90. The highest BCUT2D eigenvalue weighted by Gasteiger charge is 2.14. The number of aryl methyl sites for hydroxylation is 1. The summed E-state index contributed by atoms with van der Waals surface area (Å²) in [6.07, 6.45) is 3.57. The normalized spacial score (nSPS) is 12.2. The lowest BCUT2D eigenvalue weighted by atomic mass is 10.2. The largest absolute Gasteiger partial charge is 0.374 e. The minimum absolute atomic E-state index is 0.0276. The van der Waals surface area contributed by atoms with Gasteiger partial charge in [-0.2, -0.15) is 0 Å². The van der Waals surface area contributed by atoms with Gasteiger partial charge < -0.3 is 9.88 Å². The number of imidazole rings is 1. The molecule has 2 aromatic rings. The molecule has 0 aliphatic rings. The summed E-state index contributed by atoms with van der Waals surface area (Å²) in [5.41, 5.74) is 0.614. The zero-order valence-corrected chi connectivity index (χ0v) is 11.3. The predicted octanol–water partition coefficient (Wildman–Crippen LogP) is 3.15. The third kappa shape index (κ3) is 2.85. The van der Waals surface area contributed by atoms with Crippen molar-refractivity contribution in [1.29, 1.82) is 0 Å². The van der Waals surface area contributed by atoms with Crippen molar-refractivity contribution >= 4 is 23.0 Å². The quantitative estimate of drug-likeness (QED) is 0.690. The molecule has 0 spiro atoms. The van der Waals surface area contributed by atoms with Gasteiger partial charge in [0.05, 0.1) is 21.7 Å². The Bertz CT molecular complexity index is 612. The van der Waals surface area contributed by atoms with Crippen molar-refractivity contribution < 1.29 is 4.92 Å². The summed E-state index contributed by atoms with van der Waals surface area (Å²) in [6.45, 7) is 1.94. The lowest BCUT2D eigenvalue weighted by Gasteiger charge is -2.16. The minimum Gasteiger partial charge on any atom is -0.374 e. The van der Waals surface area contributed by atoms with Crippen molar-refractivity contribution in [3.63, 3.8) is 0 Å². The number of hydrogen-bond donors (Lipinski definition) is 1. The van der Waals surface area contributed by atoms with Crippen molar-refractivity contribution in [3.8, 4) is 0 Å². The van der Waals surface area contributed by atoms with E-state index >= 15 is 0 Å². The van der Waals surface area contributed by atoms with Gasteiger partial charge >= 0.3 is 0 Å².